The lowest BCUT2D eigenvalue weighted by atomic mass is 9.88. The van der Waals surface area contributed by atoms with Gasteiger partial charge in [-0.25, -0.2) is 13.2 Å². The predicted molar refractivity (Wildman–Crippen MR) is 144 cm³/mol. The van der Waals surface area contributed by atoms with E-state index in [0.29, 0.717) is 40.8 Å². The van der Waals surface area contributed by atoms with Crippen LogP contribution in [0.4, 0.5) is 13.2 Å². The highest BCUT2D eigenvalue weighted by molar-refractivity contribution is 5.93. The van der Waals surface area contributed by atoms with E-state index in [1.54, 1.807) is 36.4 Å². The standard InChI is InChI=1S/C30H28F3NO3.ClH/c31-21-17-26(32)29(27(33)18-21)25-10-6-20-16-22(35)7-11-24(20)28(25)30(36)19-4-8-23(9-5-19)37-15-14-34-12-2-1-3-13-34;/h4-11,16-18,30,35-36H,1-3,12-15H2;1H. The highest BCUT2D eigenvalue weighted by Crippen LogP contribution is 2.40. The molecule has 200 valence electrons. The van der Waals surface area contributed by atoms with E-state index in [1.165, 1.54) is 37.5 Å². The minimum atomic E-state index is -1.26. The van der Waals surface area contributed by atoms with Gasteiger partial charge in [0.2, 0.25) is 0 Å². The first-order valence-electron chi connectivity index (χ1n) is 12.4. The summed E-state index contributed by atoms with van der Waals surface area (Å²) < 4.78 is 49.1. The highest BCUT2D eigenvalue weighted by Gasteiger charge is 2.24. The Bertz CT molecular complexity index is 1390. The van der Waals surface area contributed by atoms with Gasteiger partial charge >= 0.3 is 0 Å². The number of phenols is 1. The van der Waals surface area contributed by atoms with Crippen LogP contribution in [-0.4, -0.2) is 41.4 Å². The second kappa shape index (κ2) is 12.1. The van der Waals surface area contributed by atoms with E-state index < -0.39 is 29.1 Å². The van der Waals surface area contributed by atoms with Crippen molar-refractivity contribution in [3.63, 3.8) is 0 Å². The monoisotopic (exact) mass is 543 g/mol. The number of nitrogens with zero attached hydrogens (tertiary/aromatic N) is 1. The maximum Gasteiger partial charge on any atom is 0.136 e. The number of aliphatic hydroxyl groups excluding tert-OH is 1. The molecule has 0 aromatic heterocycles. The van der Waals surface area contributed by atoms with Crippen molar-refractivity contribution in [1.82, 2.24) is 4.90 Å². The van der Waals surface area contributed by atoms with Gasteiger partial charge in [-0.2, -0.15) is 0 Å². The van der Waals surface area contributed by atoms with Crippen LogP contribution in [0.5, 0.6) is 11.5 Å². The van der Waals surface area contributed by atoms with Gasteiger partial charge in [0.25, 0.3) is 0 Å². The fourth-order valence-electron chi connectivity index (χ4n) is 5.04. The number of fused-ring (bicyclic) bond motifs is 1. The van der Waals surface area contributed by atoms with Crippen LogP contribution in [0, 0.1) is 17.5 Å². The number of hydrogen-bond acceptors (Lipinski definition) is 4. The number of phenolic OH excluding ortho intramolecular Hbond substituents is 1. The zero-order valence-corrected chi connectivity index (χ0v) is 21.5. The van der Waals surface area contributed by atoms with Crippen LogP contribution in [0.25, 0.3) is 21.9 Å². The van der Waals surface area contributed by atoms with Gasteiger partial charge in [-0.1, -0.05) is 36.8 Å². The van der Waals surface area contributed by atoms with Crippen molar-refractivity contribution < 1.29 is 28.1 Å². The normalized spacial score (nSPS) is 14.7. The SMILES string of the molecule is Cl.Oc1ccc2c(C(O)c3ccc(OCCN4CCCCC4)cc3)c(-c3c(F)cc(F)cc3F)ccc2c1. The third kappa shape index (κ3) is 5.90. The number of ether oxygens (including phenoxy) is 1. The average molecular weight is 544 g/mol. The molecule has 1 aliphatic heterocycles. The fraction of sp³-hybridized carbons (Fsp3) is 0.267. The van der Waals surface area contributed by atoms with E-state index in [4.69, 9.17) is 4.74 Å². The molecule has 0 amide bonds. The minimum absolute atomic E-state index is 0. The highest BCUT2D eigenvalue weighted by atomic mass is 35.5. The van der Waals surface area contributed by atoms with Gasteiger partial charge in [-0.05, 0) is 72.1 Å². The summed E-state index contributed by atoms with van der Waals surface area (Å²) in [5.41, 5.74) is 0.416. The van der Waals surface area contributed by atoms with Gasteiger partial charge in [0.05, 0.1) is 5.56 Å². The fourth-order valence-corrected chi connectivity index (χ4v) is 5.04. The molecule has 1 saturated heterocycles. The molecular weight excluding hydrogens is 515 g/mol. The van der Waals surface area contributed by atoms with Gasteiger partial charge in [0, 0.05) is 24.2 Å². The van der Waals surface area contributed by atoms with Crippen LogP contribution >= 0.6 is 12.4 Å². The van der Waals surface area contributed by atoms with E-state index in [0.717, 1.165) is 19.6 Å². The van der Waals surface area contributed by atoms with Crippen molar-refractivity contribution in [2.75, 3.05) is 26.2 Å². The lowest BCUT2D eigenvalue weighted by Crippen LogP contribution is -2.33. The molecule has 0 aliphatic carbocycles. The summed E-state index contributed by atoms with van der Waals surface area (Å²) in [6.07, 6.45) is 2.46. The summed E-state index contributed by atoms with van der Waals surface area (Å²) in [5, 5.41) is 22.5. The molecule has 1 fully saturated rings. The second-order valence-electron chi connectivity index (χ2n) is 9.40. The van der Waals surface area contributed by atoms with E-state index in [2.05, 4.69) is 4.90 Å². The summed E-state index contributed by atoms with van der Waals surface area (Å²) in [6.45, 7) is 3.59. The lowest BCUT2D eigenvalue weighted by molar-refractivity contribution is 0.183. The third-order valence-electron chi connectivity index (χ3n) is 6.92. The Morgan fingerprint density at radius 1 is 0.842 bits per heavy atom. The molecule has 2 N–H and O–H groups in total. The van der Waals surface area contributed by atoms with Crippen molar-refractivity contribution in [3.05, 3.63) is 95.3 Å². The first-order chi connectivity index (χ1) is 17.9. The Labute approximate surface area is 225 Å². The molecule has 1 heterocycles. The van der Waals surface area contributed by atoms with Gasteiger partial charge in [-0.15, -0.1) is 12.4 Å². The molecular formula is C30H29ClF3NO3. The van der Waals surface area contributed by atoms with Crippen molar-refractivity contribution >= 4 is 23.2 Å². The van der Waals surface area contributed by atoms with E-state index >= 15 is 0 Å². The maximum atomic E-state index is 14.8. The Balaban J connectivity index is 0.00000336. The molecule has 1 aliphatic rings. The van der Waals surface area contributed by atoms with Crippen LogP contribution in [-0.2, 0) is 0 Å². The molecule has 4 aromatic carbocycles. The Hall–Kier alpha value is -3.26. The summed E-state index contributed by atoms with van der Waals surface area (Å²) in [4.78, 5) is 2.38. The first kappa shape index (κ1) is 27.8. The summed E-state index contributed by atoms with van der Waals surface area (Å²) >= 11 is 0. The van der Waals surface area contributed by atoms with Gasteiger partial charge in [-0.3, -0.25) is 4.90 Å². The number of benzene rings is 4. The van der Waals surface area contributed by atoms with E-state index in [-0.39, 0.29) is 29.3 Å². The maximum absolute atomic E-state index is 14.8. The molecule has 0 bridgehead atoms. The first-order valence-corrected chi connectivity index (χ1v) is 12.4. The minimum Gasteiger partial charge on any atom is -0.508 e. The summed E-state index contributed by atoms with van der Waals surface area (Å²) in [7, 11) is 0. The number of aliphatic hydroxyl groups is 1. The second-order valence-corrected chi connectivity index (χ2v) is 9.40. The quantitative estimate of drug-likeness (QED) is 0.263. The molecule has 38 heavy (non-hydrogen) atoms. The molecule has 0 saturated carbocycles. The van der Waals surface area contributed by atoms with Crippen LogP contribution in [0.3, 0.4) is 0 Å². The Morgan fingerprint density at radius 3 is 2.21 bits per heavy atom. The number of likely N-dealkylation sites (tertiary alicyclic amines) is 1. The van der Waals surface area contributed by atoms with Crippen molar-refractivity contribution in [1.29, 1.82) is 0 Å². The van der Waals surface area contributed by atoms with Crippen LogP contribution in [0.15, 0.2) is 66.7 Å². The zero-order chi connectivity index (χ0) is 25.9. The van der Waals surface area contributed by atoms with Crippen molar-refractivity contribution in [2.24, 2.45) is 0 Å². The van der Waals surface area contributed by atoms with Crippen molar-refractivity contribution in [3.8, 4) is 22.6 Å². The Kier molecular flexibility index (Phi) is 8.82. The summed E-state index contributed by atoms with van der Waals surface area (Å²) in [6, 6.07) is 15.8. The predicted octanol–water partition coefficient (Wildman–Crippen LogP) is 7.00. The van der Waals surface area contributed by atoms with Gasteiger partial charge in [0.1, 0.15) is 41.7 Å². The smallest absolute Gasteiger partial charge is 0.136 e. The van der Waals surface area contributed by atoms with Gasteiger partial charge < -0.3 is 14.9 Å². The van der Waals surface area contributed by atoms with E-state index in [1.807, 2.05) is 0 Å². The average Bonchev–Trinajstić information content (AvgIpc) is 2.88. The number of hydrogen-bond donors (Lipinski definition) is 2. The molecule has 1 unspecified atom stereocenters. The third-order valence-corrected chi connectivity index (χ3v) is 6.92. The molecule has 8 heteroatoms. The topological polar surface area (TPSA) is 52.9 Å². The largest absolute Gasteiger partial charge is 0.508 e. The molecule has 1 atom stereocenters. The molecule has 4 aromatic rings. The van der Waals surface area contributed by atoms with Crippen LogP contribution in [0.1, 0.15) is 36.5 Å². The number of aromatic hydroxyl groups is 1. The molecule has 5 rings (SSSR count). The number of halogens is 4. The lowest BCUT2D eigenvalue weighted by Gasteiger charge is -2.26. The van der Waals surface area contributed by atoms with E-state index in [9.17, 15) is 23.4 Å². The summed E-state index contributed by atoms with van der Waals surface area (Å²) in [5.74, 6) is -2.48. The number of rotatable bonds is 7. The van der Waals surface area contributed by atoms with Crippen molar-refractivity contribution in [2.45, 2.75) is 25.4 Å². The molecule has 4 nitrogen and oxygen atoms in total. The molecule has 0 radical (unpaired) electrons. The Morgan fingerprint density at radius 2 is 1.53 bits per heavy atom. The van der Waals surface area contributed by atoms with Crippen LogP contribution in [0.2, 0.25) is 0 Å². The molecule has 0 spiro atoms. The number of piperidine rings is 1. The zero-order valence-electron chi connectivity index (χ0n) is 20.7. The van der Waals surface area contributed by atoms with Crippen LogP contribution < -0.4 is 4.74 Å². The van der Waals surface area contributed by atoms with Gasteiger partial charge in [0.15, 0.2) is 0 Å².